The van der Waals surface area contributed by atoms with Crippen molar-refractivity contribution in [1.82, 2.24) is 0 Å². The quantitative estimate of drug-likeness (QED) is 0.809. The molecule has 0 radical (unpaired) electrons. The molecule has 1 fully saturated rings. The monoisotopic (exact) mass is 252 g/mol. The van der Waals surface area contributed by atoms with Gasteiger partial charge in [0, 0.05) is 19.2 Å². The summed E-state index contributed by atoms with van der Waals surface area (Å²) < 4.78 is 13.4. The van der Waals surface area contributed by atoms with Gasteiger partial charge >= 0.3 is 0 Å². The van der Waals surface area contributed by atoms with Gasteiger partial charge in [-0.3, -0.25) is 0 Å². The molecule has 1 aliphatic heterocycles. The molecule has 0 aliphatic carbocycles. The van der Waals surface area contributed by atoms with Gasteiger partial charge in [-0.2, -0.15) is 0 Å². The maximum absolute atomic E-state index is 13.4. The van der Waals surface area contributed by atoms with E-state index < -0.39 is 0 Å². The van der Waals surface area contributed by atoms with Gasteiger partial charge in [-0.1, -0.05) is 0 Å². The molecule has 1 atom stereocenters. The number of benzene rings is 1. The van der Waals surface area contributed by atoms with Gasteiger partial charge < -0.3 is 15.7 Å². The van der Waals surface area contributed by atoms with Crippen molar-refractivity contribution in [3.8, 4) is 0 Å². The maximum Gasteiger partial charge on any atom is 0.128 e. The normalized spacial score (nSPS) is 19.5. The number of nitrogens with two attached hydrogens (primary N) is 1. The Morgan fingerprint density at radius 2 is 2.28 bits per heavy atom. The van der Waals surface area contributed by atoms with Crippen molar-refractivity contribution < 1.29 is 9.50 Å². The van der Waals surface area contributed by atoms with Crippen molar-refractivity contribution in [2.45, 2.75) is 38.6 Å². The third-order valence-electron chi connectivity index (χ3n) is 3.69. The molecule has 1 aliphatic rings. The van der Waals surface area contributed by atoms with E-state index in [0.717, 1.165) is 37.9 Å². The van der Waals surface area contributed by atoms with Crippen LogP contribution in [0.2, 0.25) is 0 Å². The number of halogens is 1. The molecule has 3 nitrogen and oxygen atoms in total. The summed E-state index contributed by atoms with van der Waals surface area (Å²) in [6, 6.07) is 3.66. The second kappa shape index (κ2) is 5.57. The number of rotatable bonds is 4. The van der Waals surface area contributed by atoms with E-state index in [-0.39, 0.29) is 12.4 Å². The molecule has 18 heavy (non-hydrogen) atoms. The molecule has 1 heterocycles. The van der Waals surface area contributed by atoms with Gasteiger partial charge in [-0.05, 0) is 50.3 Å². The number of aliphatic hydroxyl groups is 1. The Morgan fingerprint density at radius 1 is 1.50 bits per heavy atom. The molecule has 1 aromatic carbocycles. The van der Waals surface area contributed by atoms with Crippen LogP contribution in [0.4, 0.5) is 15.8 Å². The lowest BCUT2D eigenvalue weighted by molar-refractivity contribution is 0.279. The number of hydrogen-bond donors (Lipinski definition) is 2. The van der Waals surface area contributed by atoms with E-state index in [4.69, 9.17) is 10.8 Å². The minimum Gasteiger partial charge on any atom is -0.397 e. The van der Waals surface area contributed by atoms with Gasteiger partial charge in [0.1, 0.15) is 5.82 Å². The van der Waals surface area contributed by atoms with Crippen LogP contribution in [0.15, 0.2) is 12.1 Å². The smallest absolute Gasteiger partial charge is 0.128 e. The van der Waals surface area contributed by atoms with Crippen LogP contribution in [-0.2, 0) is 0 Å². The van der Waals surface area contributed by atoms with Gasteiger partial charge in [0.2, 0.25) is 0 Å². The zero-order valence-electron chi connectivity index (χ0n) is 10.8. The summed E-state index contributed by atoms with van der Waals surface area (Å²) in [5.74, 6) is -0.248. The van der Waals surface area contributed by atoms with E-state index in [2.05, 4.69) is 4.90 Å². The standard InChI is InChI=1S/C14H21FN2O/c1-10-8-14(13(16)9-12(10)15)17-6-2-4-11(17)5-3-7-18/h8-9,11,18H,2-7,16H2,1H3. The molecule has 1 saturated heterocycles. The molecule has 0 amide bonds. The van der Waals surface area contributed by atoms with Crippen LogP contribution < -0.4 is 10.6 Å². The van der Waals surface area contributed by atoms with Gasteiger partial charge in [-0.25, -0.2) is 4.39 Å². The lowest BCUT2D eigenvalue weighted by Crippen LogP contribution is -2.30. The van der Waals surface area contributed by atoms with Crippen LogP contribution in [0.1, 0.15) is 31.2 Å². The fourth-order valence-corrected chi connectivity index (χ4v) is 2.71. The molecule has 2 rings (SSSR count). The number of nitrogens with zero attached hydrogens (tertiary/aromatic N) is 1. The number of aryl methyl sites for hydroxylation is 1. The van der Waals surface area contributed by atoms with Crippen LogP contribution in [0, 0.1) is 12.7 Å². The van der Waals surface area contributed by atoms with Crippen LogP contribution in [0.5, 0.6) is 0 Å². The first-order chi connectivity index (χ1) is 8.63. The first kappa shape index (κ1) is 13.1. The second-order valence-electron chi connectivity index (χ2n) is 5.02. The minimum absolute atomic E-state index is 0.224. The largest absolute Gasteiger partial charge is 0.397 e. The fourth-order valence-electron chi connectivity index (χ4n) is 2.71. The van der Waals surface area contributed by atoms with E-state index in [1.807, 2.05) is 6.07 Å². The van der Waals surface area contributed by atoms with E-state index in [1.165, 1.54) is 6.07 Å². The van der Waals surface area contributed by atoms with Crippen molar-refractivity contribution >= 4 is 11.4 Å². The lowest BCUT2D eigenvalue weighted by Gasteiger charge is -2.28. The Bertz CT molecular complexity index is 423. The molecule has 0 aromatic heterocycles. The van der Waals surface area contributed by atoms with Gasteiger partial charge in [0.15, 0.2) is 0 Å². The van der Waals surface area contributed by atoms with Crippen LogP contribution >= 0.6 is 0 Å². The second-order valence-corrected chi connectivity index (χ2v) is 5.02. The number of anilines is 2. The molecule has 1 aromatic rings. The lowest BCUT2D eigenvalue weighted by atomic mass is 10.1. The van der Waals surface area contributed by atoms with E-state index in [0.29, 0.717) is 17.3 Å². The molecular weight excluding hydrogens is 231 g/mol. The van der Waals surface area contributed by atoms with Crippen molar-refractivity contribution in [1.29, 1.82) is 0 Å². The van der Waals surface area contributed by atoms with E-state index in [1.54, 1.807) is 6.92 Å². The predicted octanol–water partition coefficient (Wildman–Crippen LogP) is 2.46. The highest BCUT2D eigenvalue weighted by Crippen LogP contribution is 2.33. The first-order valence-electron chi connectivity index (χ1n) is 6.56. The molecule has 1 unspecified atom stereocenters. The zero-order valence-corrected chi connectivity index (χ0v) is 10.8. The average molecular weight is 252 g/mol. The molecule has 4 heteroatoms. The Kier molecular flexibility index (Phi) is 4.07. The maximum atomic E-state index is 13.4. The highest BCUT2D eigenvalue weighted by Gasteiger charge is 2.26. The van der Waals surface area contributed by atoms with Crippen LogP contribution in [0.3, 0.4) is 0 Å². The molecule has 3 N–H and O–H groups in total. The van der Waals surface area contributed by atoms with E-state index >= 15 is 0 Å². The van der Waals surface area contributed by atoms with Crippen molar-refractivity contribution in [2.75, 3.05) is 23.8 Å². The van der Waals surface area contributed by atoms with Crippen molar-refractivity contribution in [2.24, 2.45) is 0 Å². The summed E-state index contributed by atoms with van der Waals surface area (Å²) in [5.41, 5.74) is 8.01. The van der Waals surface area contributed by atoms with E-state index in [9.17, 15) is 4.39 Å². The SMILES string of the molecule is Cc1cc(N2CCCC2CCCO)c(N)cc1F. The number of nitrogen functional groups attached to an aromatic ring is 1. The third kappa shape index (κ3) is 2.58. The third-order valence-corrected chi connectivity index (χ3v) is 3.69. The zero-order chi connectivity index (χ0) is 13.1. The fraction of sp³-hybridized carbons (Fsp3) is 0.571. The summed E-state index contributed by atoms with van der Waals surface area (Å²) in [6.07, 6.45) is 4.02. The molecule has 0 bridgehead atoms. The highest BCUT2D eigenvalue weighted by atomic mass is 19.1. The topological polar surface area (TPSA) is 49.5 Å². The number of hydrogen-bond acceptors (Lipinski definition) is 3. The minimum atomic E-state index is -0.248. The van der Waals surface area contributed by atoms with Crippen LogP contribution in [0.25, 0.3) is 0 Å². The summed E-state index contributed by atoms with van der Waals surface area (Å²) in [7, 11) is 0. The van der Waals surface area contributed by atoms with Gasteiger partial charge in [0.05, 0.1) is 11.4 Å². The Hall–Kier alpha value is -1.29. The summed E-state index contributed by atoms with van der Waals surface area (Å²) >= 11 is 0. The predicted molar refractivity (Wildman–Crippen MR) is 72.2 cm³/mol. The molecule has 100 valence electrons. The highest BCUT2D eigenvalue weighted by molar-refractivity contribution is 5.69. The Balaban J connectivity index is 2.21. The van der Waals surface area contributed by atoms with Crippen molar-refractivity contribution in [3.63, 3.8) is 0 Å². The van der Waals surface area contributed by atoms with Crippen molar-refractivity contribution in [3.05, 3.63) is 23.5 Å². The molecule has 0 saturated carbocycles. The molecular formula is C14H21FN2O. The Labute approximate surface area is 107 Å². The Morgan fingerprint density at radius 3 is 3.00 bits per heavy atom. The number of aliphatic hydroxyl groups excluding tert-OH is 1. The van der Waals surface area contributed by atoms with Crippen LogP contribution in [-0.4, -0.2) is 24.3 Å². The van der Waals surface area contributed by atoms with Gasteiger partial charge in [-0.15, -0.1) is 0 Å². The van der Waals surface area contributed by atoms with Gasteiger partial charge in [0.25, 0.3) is 0 Å². The summed E-state index contributed by atoms with van der Waals surface area (Å²) in [6.45, 7) is 2.95. The summed E-state index contributed by atoms with van der Waals surface area (Å²) in [4.78, 5) is 2.26. The summed E-state index contributed by atoms with van der Waals surface area (Å²) in [5, 5.41) is 8.93. The first-order valence-corrected chi connectivity index (χ1v) is 6.56. The molecule has 0 spiro atoms. The average Bonchev–Trinajstić information content (AvgIpc) is 2.79.